The van der Waals surface area contributed by atoms with Crippen LogP contribution in [0, 0.1) is 18.3 Å². The molecule has 6 nitrogen and oxygen atoms in total. The highest BCUT2D eigenvalue weighted by Gasteiger charge is 2.52. The fourth-order valence-electron chi connectivity index (χ4n) is 5.40. The van der Waals surface area contributed by atoms with E-state index in [9.17, 15) is 4.79 Å². The molecule has 34 heavy (non-hydrogen) atoms. The number of ether oxygens (including phenoxy) is 3. The molecular weight excluding hydrogens is 428 g/mol. The van der Waals surface area contributed by atoms with Crippen molar-refractivity contribution in [2.45, 2.75) is 78.1 Å². The largest absolute Gasteiger partial charge is 0.497 e. The molecule has 0 spiro atoms. The average molecular weight is 467 g/mol. The van der Waals surface area contributed by atoms with Gasteiger partial charge in [0.25, 0.3) is 0 Å². The minimum absolute atomic E-state index is 0.00956. The number of esters is 1. The molecule has 1 aromatic carbocycles. The molecular formula is C28H38N2O4. The first-order chi connectivity index (χ1) is 16.4. The molecule has 0 aliphatic heterocycles. The lowest BCUT2D eigenvalue weighted by molar-refractivity contribution is -0.149. The van der Waals surface area contributed by atoms with Crippen LogP contribution >= 0.6 is 0 Å². The molecule has 0 N–H and O–H groups in total. The number of carbonyl (C=O) groups excluding carboxylic acids is 1. The van der Waals surface area contributed by atoms with Gasteiger partial charge in [-0.3, -0.25) is 4.79 Å². The second kappa shape index (κ2) is 10.3. The van der Waals surface area contributed by atoms with E-state index < -0.39 is 0 Å². The molecule has 184 valence electrons. The van der Waals surface area contributed by atoms with Crippen LogP contribution in [0.4, 0.5) is 0 Å². The second-order valence-corrected chi connectivity index (χ2v) is 10.1. The predicted molar refractivity (Wildman–Crippen MR) is 131 cm³/mol. The van der Waals surface area contributed by atoms with Gasteiger partial charge in [-0.15, -0.1) is 0 Å². The lowest BCUT2D eigenvalue weighted by atomic mass is 9.79. The van der Waals surface area contributed by atoms with Crippen molar-refractivity contribution >= 4 is 5.97 Å². The highest BCUT2D eigenvalue weighted by Crippen LogP contribution is 2.60. The van der Waals surface area contributed by atoms with E-state index in [-0.39, 0.29) is 17.3 Å². The molecule has 0 amide bonds. The van der Waals surface area contributed by atoms with Crippen molar-refractivity contribution in [3.05, 3.63) is 46.9 Å². The zero-order chi connectivity index (χ0) is 24.3. The number of benzene rings is 1. The first-order valence-electron chi connectivity index (χ1n) is 12.7. The summed E-state index contributed by atoms with van der Waals surface area (Å²) in [7, 11) is 1.72. The van der Waals surface area contributed by atoms with Crippen LogP contribution in [0.2, 0.25) is 0 Å². The van der Waals surface area contributed by atoms with Gasteiger partial charge >= 0.3 is 5.97 Å². The van der Waals surface area contributed by atoms with Gasteiger partial charge in [0.05, 0.1) is 26.2 Å². The normalized spacial score (nSPS) is 26.1. The van der Waals surface area contributed by atoms with Gasteiger partial charge in [-0.25, -0.2) is 4.98 Å². The van der Waals surface area contributed by atoms with Gasteiger partial charge in [0.15, 0.2) is 0 Å². The Morgan fingerprint density at radius 2 is 1.91 bits per heavy atom. The minimum Gasteiger partial charge on any atom is -0.497 e. The average Bonchev–Trinajstić information content (AvgIpc) is 3.53. The lowest BCUT2D eigenvalue weighted by Crippen LogP contribution is -2.24. The zero-order valence-electron chi connectivity index (χ0n) is 21.2. The smallest absolute Gasteiger partial charge is 0.308 e. The number of rotatable bonds is 9. The number of hydrogen-bond acceptors (Lipinski definition) is 6. The van der Waals surface area contributed by atoms with Crippen LogP contribution in [0.5, 0.6) is 11.6 Å². The van der Waals surface area contributed by atoms with E-state index >= 15 is 0 Å². The lowest BCUT2D eigenvalue weighted by Gasteiger charge is -2.28. The molecule has 6 heteroatoms. The Kier molecular flexibility index (Phi) is 7.44. The van der Waals surface area contributed by atoms with E-state index in [0.29, 0.717) is 30.9 Å². The minimum atomic E-state index is -0.0599. The Bertz CT molecular complexity index is 1020. The van der Waals surface area contributed by atoms with Crippen LogP contribution in [-0.2, 0) is 16.0 Å². The van der Waals surface area contributed by atoms with Crippen molar-refractivity contribution in [2.75, 3.05) is 20.3 Å². The first-order valence-corrected chi connectivity index (χ1v) is 12.7. The fraction of sp³-hybridized carbons (Fsp3) is 0.607. The highest BCUT2D eigenvalue weighted by molar-refractivity contribution is 5.72. The molecule has 1 heterocycles. The van der Waals surface area contributed by atoms with Gasteiger partial charge in [0, 0.05) is 17.2 Å². The number of aryl methyl sites for hydroxylation is 2. The predicted octanol–water partition coefficient (Wildman–Crippen LogP) is 5.77. The molecule has 2 saturated carbocycles. The summed E-state index contributed by atoms with van der Waals surface area (Å²) in [5, 5.41) is 0. The van der Waals surface area contributed by atoms with Crippen LogP contribution in [-0.4, -0.2) is 36.3 Å². The molecule has 1 aromatic heterocycles. The maximum absolute atomic E-state index is 12.1. The van der Waals surface area contributed by atoms with Crippen LogP contribution in [0.15, 0.2) is 24.4 Å². The molecule has 0 saturated heterocycles. The summed E-state index contributed by atoms with van der Waals surface area (Å²) in [5.74, 6) is 3.10. The molecule has 2 fully saturated rings. The summed E-state index contributed by atoms with van der Waals surface area (Å²) in [6.07, 6.45) is 7.57. The van der Waals surface area contributed by atoms with Crippen molar-refractivity contribution in [3.8, 4) is 11.6 Å². The Labute approximate surface area is 203 Å². The molecule has 0 bridgehead atoms. The standard InChI is InChI=1S/C28H38N2O4/c1-6-19-14-22(32-5)12-13-23(19)25-15-28(25,4)17-34-26-24(16-29-18(3)30-26)20-8-10-21(11-9-20)27(31)33-7-2/h12-14,16,20-21,25H,6-11,15,17H2,1-5H3. The summed E-state index contributed by atoms with van der Waals surface area (Å²) in [6.45, 7) is 9.34. The van der Waals surface area contributed by atoms with E-state index in [1.54, 1.807) is 7.11 Å². The summed E-state index contributed by atoms with van der Waals surface area (Å²) < 4.78 is 17.1. The zero-order valence-corrected chi connectivity index (χ0v) is 21.2. The Morgan fingerprint density at radius 3 is 2.59 bits per heavy atom. The number of hydrogen-bond donors (Lipinski definition) is 0. The van der Waals surface area contributed by atoms with Crippen molar-refractivity contribution < 1.29 is 19.0 Å². The number of methoxy groups -OCH3 is 1. The molecule has 2 aliphatic rings. The van der Waals surface area contributed by atoms with Crippen molar-refractivity contribution in [1.82, 2.24) is 9.97 Å². The van der Waals surface area contributed by atoms with E-state index in [2.05, 4.69) is 42.0 Å². The van der Waals surface area contributed by atoms with E-state index in [4.69, 9.17) is 14.2 Å². The number of aromatic nitrogens is 2. The van der Waals surface area contributed by atoms with Gasteiger partial charge in [-0.1, -0.05) is 19.9 Å². The van der Waals surface area contributed by atoms with Gasteiger partial charge in [-0.05, 0) is 87.5 Å². The van der Waals surface area contributed by atoms with Crippen LogP contribution in [0.1, 0.15) is 87.2 Å². The van der Waals surface area contributed by atoms with Crippen molar-refractivity contribution in [2.24, 2.45) is 11.3 Å². The van der Waals surface area contributed by atoms with Crippen LogP contribution < -0.4 is 9.47 Å². The Hall–Kier alpha value is -2.63. The first kappa shape index (κ1) is 24.5. The van der Waals surface area contributed by atoms with Gasteiger partial charge in [-0.2, -0.15) is 4.98 Å². The van der Waals surface area contributed by atoms with Gasteiger partial charge in [0.1, 0.15) is 11.6 Å². The quantitative estimate of drug-likeness (QED) is 0.437. The van der Waals surface area contributed by atoms with Crippen LogP contribution in [0.25, 0.3) is 0 Å². The van der Waals surface area contributed by atoms with E-state index in [1.165, 1.54) is 11.1 Å². The third kappa shape index (κ3) is 5.21. The molecule has 2 atom stereocenters. The number of nitrogens with zero attached hydrogens (tertiary/aromatic N) is 2. The maximum atomic E-state index is 12.1. The molecule has 2 aromatic rings. The van der Waals surface area contributed by atoms with Crippen LogP contribution in [0.3, 0.4) is 0 Å². The Balaban J connectivity index is 1.43. The summed E-state index contributed by atoms with van der Waals surface area (Å²) in [4.78, 5) is 21.3. The van der Waals surface area contributed by atoms with E-state index in [1.807, 2.05) is 20.0 Å². The van der Waals surface area contributed by atoms with Gasteiger partial charge in [0.2, 0.25) is 5.88 Å². The number of carbonyl (C=O) groups is 1. The SMILES string of the molecule is CCOC(=O)C1CCC(c2cnc(C)nc2OCC2(C)CC2c2ccc(OC)cc2CC)CC1. The Morgan fingerprint density at radius 1 is 1.15 bits per heavy atom. The van der Waals surface area contributed by atoms with Gasteiger partial charge < -0.3 is 14.2 Å². The van der Waals surface area contributed by atoms with Crippen molar-refractivity contribution in [3.63, 3.8) is 0 Å². The summed E-state index contributed by atoms with van der Waals surface area (Å²) >= 11 is 0. The van der Waals surface area contributed by atoms with Crippen molar-refractivity contribution in [1.29, 1.82) is 0 Å². The molecule has 2 unspecified atom stereocenters. The monoisotopic (exact) mass is 466 g/mol. The van der Waals surface area contributed by atoms with E-state index in [0.717, 1.165) is 55.7 Å². The fourth-order valence-corrected chi connectivity index (χ4v) is 5.40. The maximum Gasteiger partial charge on any atom is 0.308 e. The summed E-state index contributed by atoms with van der Waals surface area (Å²) in [5.41, 5.74) is 3.93. The molecule has 2 aliphatic carbocycles. The second-order valence-electron chi connectivity index (χ2n) is 10.1. The molecule has 4 rings (SSSR count). The topological polar surface area (TPSA) is 70.5 Å². The third-order valence-corrected chi connectivity index (χ3v) is 7.68. The highest BCUT2D eigenvalue weighted by atomic mass is 16.5. The summed E-state index contributed by atoms with van der Waals surface area (Å²) in [6, 6.07) is 6.44. The molecule has 0 radical (unpaired) electrons. The third-order valence-electron chi connectivity index (χ3n) is 7.68.